The summed E-state index contributed by atoms with van der Waals surface area (Å²) in [4.78, 5) is 29.0. The van der Waals surface area contributed by atoms with E-state index in [1.165, 1.54) is 17.8 Å². The van der Waals surface area contributed by atoms with E-state index in [1.54, 1.807) is 20.8 Å². The van der Waals surface area contributed by atoms with Crippen LogP contribution in [0.3, 0.4) is 0 Å². The standard InChI is InChI=1S/C21H23N3O3S/c1-6-27-21(26)17-10-16(11-22)20(23-14(17)4)28-15(5)19(25)24-18-9-12(2)7-8-13(18)3/h7-10,15H,6H2,1-5H3,(H,24,25)/t15-/m0/s1. The molecule has 146 valence electrons. The van der Waals surface area contributed by atoms with Gasteiger partial charge in [0.15, 0.2) is 0 Å². The normalized spacial score (nSPS) is 11.4. The highest BCUT2D eigenvalue weighted by Gasteiger charge is 2.21. The molecule has 1 atom stereocenters. The van der Waals surface area contributed by atoms with E-state index in [4.69, 9.17) is 4.74 Å². The van der Waals surface area contributed by atoms with Crippen LogP contribution in [0, 0.1) is 32.1 Å². The van der Waals surface area contributed by atoms with Crippen molar-refractivity contribution in [3.05, 3.63) is 52.2 Å². The van der Waals surface area contributed by atoms with E-state index in [1.807, 2.05) is 38.1 Å². The number of carbonyl (C=O) groups excluding carboxylic acids is 2. The molecule has 1 heterocycles. The minimum atomic E-state index is -0.513. The van der Waals surface area contributed by atoms with Crippen molar-refractivity contribution in [3.8, 4) is 6.07 Å². The van der Waals surface area contributed by atoms with Crippen molar-refractivity contribution >= 4 is 29.3 Å². The Morgan fingerprint density at radius 3 is 2.64 bits per heavy atom. The van der Waals surface area contributed by atoms with E-state index in [9.17, 15) is 14.9 Å². The molecule has 0 unspecified atom stereocenters. The van der Waals surface area contributed by atoms with E-state index in [2.05, 4.69) is 10.3 Å². The van der Waals surface area contributed by atoms with Crippen LogP contribution in [-0.4, -0.2) is 28.7 Å². The molecule has 1 aromatic carbocycles. The monoisotopic (exact) mass is 397 g/mol. The first-order chi connectivity index (χ1) is 13.3. The number of aromatic nitrogens is 1. The third-order valence-corrected chi connectivity index (χ3v) is 5.20. The maximum Gasteiger partial charge on any atom is 0.340 e. The van der Waals surface area contributed by atoms with Crippen molar-refractivity contribution in [3.63, 3.8) is 0 Å². The minimum absolute atomic E-state index is 0.184. The smallest absolute Gasteiger partial charge is 0.340 e. The number of hydrogen-bond acceptors (Lipinski definition) is 6. The molecule has 1 N–H and O–H groups in total. The number of nitrogens with zero attached hydrogens (tertiary/aromatic N) is 2. The maximum atomic E-state index is 12.6. The molecule has 0 spiro atoms. The number of amides is 1. The molecule has 2 rings (SSSR count). The van der Waals surface area contributed by atoms with E-state index < -0.39 is 11.2 Å². The molecule has 0 saturated carbocycles. The van der Waals surface area contributed by atoms with Crippen molar-refractivity contribution in [1.82, 2.24) is 4.98 Å². The Morgan fingerprint density at radius 1 is 1.29 bits per heavy atom. The number of thioether (sulfide) groups is 1. The summed E-state index contributed by atoms with van der Waals surface area (Å²) in [6, 6.07) is 9.38. The summed E-state index contributed by atoms with van der Waals surface area (Å²) in [5.41, 5.74) is 3.75. The largest absolute Gasteiger partial charge is 0.462 e. The zero-order valence-corrected chi connectivity index (χ0v) is 17.4. The third-order valence-electron chi connectivity index (χ3n) is 4.10. The summed E-state index contributed by atoms with van der Waals surface area (Å²) in [6.45, 7) is 9.28. The summed E-state index contributed by atoms with van der Waals surface area (Å²) in [6.07, 6.45) is 0. The van der Waals surface area contributed by atoms with Gasteiger partial charge in [-0.15, -0.1) is 0 Å². The predicted octanol–water partition coefficient (Wildman–Crippen LogP) is 4.17. The molecule has 28 heavy (non-hydrogen) atoms. The Bertz CT molecular complexity index is 951. The van der Waals surface area contributed by atoms with Crippen LogP contribution in [0.25, 0.3) is 0 Å². The molecule has 1 aromatic heterocycles. The molecule has 0 bridgehead atoms. The molecule has 7 heteroatoms. The van der Waals surface area contributed by atoms with Crippen LogP contribution in [0.5, 0.6) is 0 Å². The Balaban J connectivity index is 2.21. The second-order valence-corrected chi connectivity index (χ2v) is 7.70. The van der Waals surface area contributed by atoms with Gasteiger partial charge in [-0.2, -0.15) is 5.26 Å². The van der Waals surface area contributed by atoms with E-state index in [-0.39, 0.29) is 23.6 Å². The van der Waals surface area contributed by atoms with Gasteiger partial charge in [-0.3, -0.25) is 4.79 Å². The van der Waals surface area contributed by atoms with Crippen molar-refractivity contribution in [2.24, 2.45) is 0 Å². The molecular weight excluding hydrogens is 374 g/mol. The molecule has 2 aromatic rings. The average molecular weight is 398 g/mol. The van der Waals surface area contributed by atoms with Crippen LogP contribution in [0.15, 0.2) is 29.3 Å². The number of rotatable bonds is 6. The number of nitriles is 1. The number of aryl methyl sites for hydroxylation is 3. The Kier molecular flexibility index (Phi) is 7.18. The Labute approximate surface area is 169 Å². The topological polar surface area (TPSA) is 92.1 Å². The highest BCUT2D eigenvalue weighted by atomic mass is 32.2. The number of nitrogens with one attached hydrogen (secondary N) is 1. The van der Waals surface area contributed by atoms with Gasteiger partial charge < -0.3 is 10.1 Å². The number of pyridine rings is 1. The molecule has 0 aliphatic carbocycles. The molecule has 1 amide bonds. The number of anilines is 1. The van der Waals surface area contributed by atoms with Gasteiger partial charge in [0.1, 0.15) is 11.1 Å². The van der Waals surface area contributed by atoms with Gasteiger partial charge in [0.2, 0.25) is 5.91 Å². The van der Waals surface area contributed by atoms with E-state index in [0.717, 1.165) is 16.8 Å². The van der Waals surface area contributed by atoms with Gasteiger partial charge in [-0.1, -0.05) is 23.9 Å². The van der Waals surface area contributed by atoms with Gasteiger partial charge in [0.05, 0.1) is 28.7 Å². The van der Waals surface area contributed by atoms with Crippen LogP contribution in [0.1, 0.15) is 46.6 Å². The molecule has 0 aliphatic heterocycles. The van der Waals surface area contributed by atoms with Crippen molar-refractivity contribution < 1.29 is 14.3 Å². The summed E-state index contributed by atoms with van der Waals surface area (Å²) in [5.74, 6) is -0.697. The van der Waals surface area contributed by atoms with Crippen LogP contribution in [0.4, 0.5) is 5.69 Å². The highest BCUT2D eigenvalue weighted by molar-refractivity contribution is 8.00. The number of carbonyl (C=O) groups is 2. The zero-order chi connectivity index (χ0) is 20.8. The van der Waals surface area contributed by atoms with Crippen LogP contribution in [-0.2, 0) is 9.53 Å². The van der Waals surface area contributed by atoms with Crippen LogP contribution < -0.4 is 5.32 Å². The molecule has 0 aliphatic rings. The summed E-state index contributed by atoms with van der Waals surface area (Å²) < 4.78 is 5.00. The van der Waals surface area contributed by atoms with Crippen LogP contribution in [0.2, 0.25) is 0 Å². The molecular formula is C21H23N3O3S. The summed E-state index contributed by atoms with van der Waals surface area (Å²) >= 11 is 1.18. The molecule has 0 fully saturated rings. The number of benzene rings is 1. The predicted molar refractivity (Wildman–Crippen MR) is 110 cm³/mol. The van der Waals surface area contributed by atoms with Gasteiger partial charge in [-0.25, -0.2) is 9.78 Å². The lowest BCUT2D eigenvalue weighted by Gasteiger charge is -2.15. The quantitative estimate of drug-likeness (QED) is 0.581. The zero-order valence-electron chi connectivity index (χ0n) is 16.6. The van der Waals surface area contributed by atoms with Crippen molar-refractivity contribution in [1.29, 1.82) is 5.26 Å². The molecule has 0 saturated heterocycles. The maximum absolute atomic E-state index is 12.6. The average Bonchev–Trinajstić information content (AvgIpc) is 2.65. The lowest BCUT2D eigenvalue weighted by molar-refractivity contribution is -0.115. The summed E-state index contributed by atoms with van der Waals surface area (Å²) in [5, 5.41) is 12.3. The minimum Gasteiger partial charge on any atom is -0.462 e. The number of hydrogen-bond donors (Lipinski definition) is 1. The van der Waals surface area contributed by atoms with Gasteiger partial charge in [0.25, 0.3) is 0 Å². The highest BCUT2D eigenvalue weighted by Crippen LogP contribution is 2.28. The van der Waals surface area contributed by atoms with Gasteiger partial charge in [-0.05, 0) is 57.9 Å². The fourth-order valence-electron chi connectivity index (χ4n) is 2.49. The first-order valence-electron chi connectivity index (χ1n) is 8.90. The van der Waals surface area contributed by atoms with E-state index in [0.29, 0.717) is 10.7 Å². The fourth-order valence-corrected chi connectivity index (χ4v) is 3.42. The Hall–Kier alpha value is -2.85. The third kappa shape index (κ3) is 5.11. The Morgan fingerprint density at radius 2 is 2.00 bits per heavy atom. The second kappa shape index (κ2) is 9.38. The number of esters is 1. The second-order valence-electron chi connectivity index (χ2n) is 6.37. The lowest BCUT2D eigenvalue weighted by atomic mass is 10.1. The summed E-state index contributed by atoms with van der Waals surface area (Å²) in [7, 11) is 0. The first kappa shape index (κ1) is 21.5. The van der Waals surface area contributed by atoms with Gasteiger partial charge in [0, 0.05) is 5.69 Å². The van der Waals surface area contributed by atoms with Crippen molar-refractivity contribution in [2.75, 3.05) is 11.9 Å². The van der Waals surface area contributed by atoms with Crippen molar-refractivity contribution in [2.45, 2.75) is 44.9 Å². The number of ether oxygens (including phenoxy) is 1. The fraction of sp³-hybridized carbons (Fsp3) is 0.333. The van der Waals surface area contributed by atoms with Gasteiger partial charge >= 0.3 is 5.97 Å². The SMILES string of the molecule is CCOC(=O)c1cc(C#N)c(S[C@@H](C)C(=O)Nc2cc(C)ccc2C)nc1C. The molecule has 0 radical (unpaired) electrons. The lowest BCUT2D eigenvalue weighted by Crippen LogP contribution is -2.23. The molecule has 6 nitrogen and oxygen atoms in total. The van der Waals surface area contributed by atoms with E-state index >= 15 is 0 Å². The first-order valence-corrected chi connectivity index (χ1v) is 9.78. The van der Waals surface area contributed by atoms with Crippen LogP contribution >= 0.6 is 11.8 Å².